The molecule has 1 heterocycles. The lowest BCUT2D eigenvalue weighted by molar-refractivity contribution is 0.483. The van der Waals surface area contributed by atoms with Crippen molar-refractivity contribution in [2.24, 2.45) is 0 Å². The molecule has 6 rings (SSSR count). The van der Waals surface area contributed by atoms with Crippen LogP contribution in [0.25, 0.3) is 44.3 Å². The third kappa shape index (κ3) is 2.18. The maximum Gasteiger partial charge on any atom is 0.129 e. The summed E-state index contributed by atoms with van der Waals surface area (Å²) in [5.74, 6) is 1.46. The van der Waals surface area contributed by atoms with Crippen molar-refractivity contribution in [3.05, 3.63) is 78.9 Å². The molecule has 0 saturated heterocycles. The number of ether oxygens (including phenoxy) is 1. The zero-order valence-electron chi connectivity index (χ0n) is 14.9. The number of hydrogen-bond donors (Lipinski definition) is 1. The van der Waals surface area contributed by atoms with Crippen molar-refractivity contribution in [3.63, 3.8) is 0 Å². The molecule has 4 nitrogen and oxygen atoms in total. The average molecular weight is 361 g/mol. The molecule has 2 N–H and O–H groups in total. The molecule has 132 valence electrons. The van der Waals surface area contributed by atoms with Crippen LogP contribution in [-0.2, 0) is 0 Å². The van der Waals surface area contributed by atoms with Crippen molar-refractivity contribution in [3.8, 4) is 34.0 Å². The summed E-state index contributed by atoms with van der Waals surface area (Å²) in [5, 5.41) is 2.44. The summed E-state index contributed by atoms with van der Waals surface area (Å²) < 4.78 is 5.96. The molecule has 0 amide bonds. The number of nitrogen functional groups attached to an aromatic ring is 1. The fourth-order valence-electron chi connectivity index (χ4n) is 3.88. The van der Waals surface area contributed by atoms with Gasteiger partial charge in [-0.25, -0.2) is 9.97 Å². The molecule has 0 aliphatic heterocycles. The molecule has 1 aliphatic rings. The average Bonchev–Trinajstić information content (AvgIpc) is 3.03. The molecule has 0 bridgehead atoms. The number of nitrogens with zero attached hydrogens (tertiary/aromatic N) is 2. The zero-order valence-corrected chi connectivity index (χ0v) is 14.9. The summed E-state index contributed by atoms with van der Waals surface area (Å²) in [4.78, 5) is 9.87. The Labute approximate surface area is 161 Å². The van der Waals surface area contributed by atoms with Gasteiger partial charge in [-0.1, -0.05) is 36.4 Å². The van der Waals surface area contributed by atoms with E-state index in [0.29, 0.717) is 5.69 Å². The molecular weight excluding hydrogens is 346 g/mol. The molecular formula is C24H15N3O. The molecule has 0 spiro atoms. The Kier molecular flexibility index (Phi) is 3.00. The number of aromatic nitrogens is 2. The Morgan fingerprint density at radius 2 is 1.29 bits per heavy atom. The highest BCUT2D eigenvalue weighted by Gasteiger charge is 2.24. The quantitative estimate of drug-likeness (QED) is 0.396. The molecule has 0 unspecified atom stereocenters. The van der Waals surface area contributed by atoms with Crippen LogP contribution in [0.1, 0.15) is 0 Å². The maximum atomic E-state index is 5.96. The Hall–Kier alpha value is -3.92. The monoisotopic (exact) mass is 361 g/mol. The summed E-state index contributed by atoms with van der Waals surface area (Å²) in [5.41, 5.74) is 12.3. The van der Waals surface area contributed by atoms with E-state index in [1.54, 1.807) is 0 Å². The van der Waals surface area contributed by atoms with Crippen LogP contribution in [0.3, 0.4) is 0 Å². The normalized spacial score (nSPS) is 11.7. The molecule has 1 aliphatic carbocycles. The van der Waals surface area contributed by atoms with Crippen LogP contribution >= 0.6 is 0 Å². The summed E-state index contributed by atoms with van der Waals surface area (Å²) in [6.45, 7) is 0. The van der Waals surface area contributed by atoms with E-state index in [2.05, 4.69) is 36.4 Å². The summed E-state index contributed by atoms with van der Waals surface area (Å²) in [7, 11) is 0. The first kappa shape index (κ1) is 15.2. The molecule has 0 fully saturated rings. The zero-order chi connectivity index (χ0) is 18.7. The van der Waals surface area contributed by atoms with Crippen molar-refractivity contribution in [2.45, 2.75) is 0 Å². The van der Waals surface area contributed by atoms with Crippen LogP contribution in [0.5, 0.6) is 11.5 Å². The third-order valence-electron chi connectivity index (χ3n) is 5.17. The molecule has 4 aromatic carbocycles. The fraction of sp³-hybridized carbons (Fsp3) is 0. The van der Waals surface area contributed by atoms with E-state index < -0.39 is 0 Å². The third-order valence-corrected chi connectivity index (χ3v) is 5.17. The first-order valence-corrected chi connectivity index (χ1v) is 9.14. The Morgan fingerprint density at radius 3 is 2.00 bits per heavy atom. The Balaban J connectivity index is 1.50. The minimum atomic E-state index is 0.709. The lowest BCUT2D eigenvalue weighted by Crippen LogP contribution is -1.92. The van der Waals surface area contributed by atoms with E-state index in [1.165, 1.54) is 10.8 Å². The number of rotatable bonds is 2. The lowest BCUT2D eigenvalue weighted by Gasteiger charge is -2.08. The van der Waals surface area contributed by atoms with E-state index in [-0.39, 0.29) is 0 Å². The van der Waals surface area contributed by atoms with Crippen LogP contribution in [0.15, 0.2) is 78.9 Å². The van der Waals surface area contributed by atoms with Gasteiger partial charge in [0.2, 0.25) is 0 Å². The van der Waals surface area contributed by atoms with E-state index in [0.717, 1.165) is 45.0 Å². The van der Waals surface area contributed by atoms with Crippen LogP contribution in [0.4, 0.5) is 5.69 Å². The number of anilines is 1. The largest absolute Gasteiger partial charge is 0.457 e. The van der Waals surface area contributed by atoms with Crippen molar-refractivity contribution >= 4 is 27.5 Å². The van der Waals surface area contributed by atoms with Crippen LogP contribution in [0.2, 0.25) is 0 Å². The predicted molar refractivity (Wildman–Crippen MR) is 112 cm³/mol. The maximum absolute atomic E-state index is 5.96. The molecule has 28 heavy (non-hydrogen) atoms. The molecule has 0 radical (unpaired) electrons. The van der Waals surface area contributed by atoms with Crippen molar-refractivity contribution in [1.29, 1.82) is 0 Å². The Bertz CT molecular complexity index is 1390. The number of hydrogen-bond acceptors (Lipinski definition) is 4. The molecule has 4 heteroatoms. The van der Waals surface area contributed by atoms with Crippen LogP contribution in [-0.4, -0.2) is 9.97 Å². The van der Waals surface area contributed by atoms with Gasteiger partial charge in [0, 0.05) is 28.3 Å². The van der Waals surface area contributed by atoms with Gasteiger partial charge < -0.3 is 10.5 Å². The van der Waals surface area contributed by atoms with Gasteiger partial charge in [-0.2, -0.15) is 0 Å². The number of benzene rings is 4. The van der Waals surface area contributed by atoms with E-state index >= 15 is 0 Å². The highest BCUT2D eigenvalue weighted by Crippen LogP contribution is 2.45. The van der Waals surface area contributed by atoms with Crippen LogP contribution < -0.4 is 10.5 Å². The SMILES string of the molecule is Nc1ccc(Oc2ccc3nc4c(nc3c2)-c2cccc3cccc-4c23)cc1. The van der Waals surface area contributed by atoms with E-state index in [9.17, 15) is 0 Å². The molecule has 5 aromatic rings. The second-order valence-electron chi connectivity index (χ2n) is 6.95. The molecule has 1 aromatic heterocycles. The smallest absolute Gasteiger partial charge is 0.129 e. The van der Waals surface area contributed by atoms with E-state index in [4.69, 9.17) is 20.4 Å². The summed E-state index contributed by atoms with van der Waals surface area (Å²) in [6, 6.07) is 25.8. The van der Waals surface area contributed by atoms with Crippen molar-refractivity contribution < 1.29 is 4.74 Å². The Morgan fingerprint density at radius 1 is 0.643 bits per heavy atom. The highest BCUT2D eigenvalue weighted by molar-refractivity contribution is 6.14. The first-order valence-electron chi connectivity index (χ1n) is 9.14. The van der Waals surface area contributed by atoms with Gasteiger partial charge in [-0.3, -0.25) is 0 Å². The van der Waals surface area contributed by atoms with Gasteiger partial charge in [0.15, 0.2) is 0 Å². The minimum Gasteiger partial charge on any atom is -0.457 e. The molecule has 0 atom stereocenters. The number of nitrogens with two attached hydrogens (primary N) is 1. The minimum absolute atomic E-state index is 0.709. The summed E-state index contributed by atoms with van der Waals surface area (Å²) >= 11 is 0. The topological polar surface area (TPSA) is 61.0 Å². The molecule has 0 saturated carbocycles. The fourth-order valence-corrected chi connectivity index (χ4v) is 3.88. The van der Waals surface area contributed by atoms with Gasteiger partial charge in [0.25, 0.3) is 0 Å². The van der Waals surface area contributed by atoms with Crippen molar-refractivity contribution in [1.82, 2.24) is 9.97 Å². The van der Waals surface area contributed by atoms with Gasteiger partial charge in [-0.05, 0) is 41.8 Å². The van der Waals surface area contributed by atoms with Crippen molar-refractivity contribution in [2.75, 3.05) is 5.73 Å². The van der Waals surface area contributed by atoms with Gasteiger partial charge in [0.05, 0.1) is 22.4 Å². The first-order chi connectivity index (χ1) is 13.8. The van der Waals surface area contributed by atoms with E-state index in [1.807, 2.05) is 42.5 Å². The summed E-state index contributed by atoms with van der Waals surface area (Å²) in [6.07, 6.45) is 0. The van der Waals surface area contributed by atoms with Gasteiger partial charge >= 0.3 is 0 Å². The predicted octanol–water partition coefficient (Wildman–Crippen LogP) is 5.80. The number of fused-ring (bicyclic) bond motifs is 4. The lowest BCUT2D eigenvalue weighted by atomic mass is 10.0. The second-order valence-corrected chi connectivity index (χ2v) is 6.95. The van der Waals surface area contributed by atoms with Gasteiger partial charge in [-0.15, -0.1) is 0 Å². The standard InChI is InChI=1S/C24H15N3O/c25-15-7-9-16(10-8-15)28-17-11-12-20-21(13-17)27-24-19-6-2-4-14-3-1-5-18(22(14)19)23(24)26-20/h1-13H,25H2. The second kappa shape index (κ2) is 5.54. The van der Waals surface area contributed by atoms with Crippen LogP contribution in [0, 0.1) is 0 Å². The van der Waals surface area contributed by atoms with Gasteiger partial charge in [0.1, 0.15) is 11.5 Å². The highest BCUT2D eigenvalue weighted by atomic mass is 16.5.